The Balaban J connectivity index is 0.000000184. The Morgan fingerprint density at radius 2 is 1.16 bits per heavy atom. The number of sulfonamides is 2. The molecule has 22 atom stereocenters. The van der Waals surface area contributed by atoms with E-state index in [0.717, 1.165) is 94.2 Å². The van der Waals surface area contributed by atoms with E-state index in [-0.39, 0.29) is 62.3 Å². The second kappa shape index (κ2) is 23.3. The zero-order chi connectivity index (χ0) is 56.5. The molecule has 12 nitrogen and oxygen atoms in total. The Labute approximate surface area is 497 Å². The average molecular weight is 1180 g/mol. The van der Waals surface area contributed by atoms with E-state index in [2.05, 4.69) is 70.2 Å². The molecule has 10 fully saturated rings. The number of likely N-dealkylation sites (tertiary alicyclic amines) is 1. The van der Waals surface area contributed by atoms with Crippen LogP contribution >= 0.6 is 0 Å². The van der Waals surface area contributed by atoms with Crippen molar-refractivity contribution in [1.29, 1.82) is 0 Å². The Bertz CT molecular complexity index is 2790. The fraction of sp³-hybridized carbons (Fsp3) is 0.838. The first-order valence-corrected chi connectivity index (χ1v) is 36.0. The van der Waals surface area contributed by atoms with Gasteiger partial charge in [0.25, 0.3) is 0 Å². The van der Waals surface area contributed by atoms with Crippen molar-refractivity contribution in [3.8, 4) is 0 Å². The number of amides is 1. The van der Waals surface area contributed by atoms with E-state index in [1.807, 2.05) is 35.2 Å². The molecule has 4 heterocycles. The highest BCUT2D eigenvalue weighted by atomic mass is 32.2. The molecule has 1 aromatic carbocycles. The lowest BCUT2D eigenvalue weighted by Gasteiger charge is -2.54. The van der Waals surface area contributed by atoms with Crippen LogP contribution in [-0.2, 0) is 40.9 Å². The maximum atomic E-state index is 13.6. The molecule has 8 aliphatic carbocycles. The van der Waals surface area contributed by atoms with Crippen LogP contribution < -0.4 is 14.8 Å². The predicted molar refractivity (Wildman–Crippen MR) is 330 cm³/mol. The van der Waals surface area contributed by atoms with Crippen molar-refractivity contribution in [2.75, 3.05) is 25.6 Å². The zero-order valence-electron chi connectivity index (χ0n) is 50.6. The molecular weight excluding hydrogens is 1060 g/mol. The van der Waals surface area contributed by atoms with Crippen molar-refractivity contribution in [2.24, 2.45) is 81.8 Å². The van der Waals surface area contributed by atoms with Gasteiger partial charge in [0.05, 0.1) is 42.0 Å². The third-order valence-corrected chi connectivity index (χ3v) is 27.1. The number of nitrogens with one attached hydrogen (secondary N) is 3. The fourth-order valence-corrected chi connectivity index (χ4v) is 23.3. The van der Waals surface area contributed by atoms with Crippen LogP contribution in [0.5, 0.6) is 0 Å². The molecule has 1 aromatic rings. The number of hydrogen-bond donors (Lipinski definition) is 3. The van der Waals surface area contributed by atoms with Gasteiger partial charge in [0.2, 0.25) is 20.0 Å². The van der Waals surface area contributed by atoms with Gasteiger partial charge >= 0.3 is 6.09 Å². The quantitative estimate of drug-likeness (QED) is 0.236. The van der Waals surface area contributed by atoms with Crippen molar-refractivity contribution in [1.82, 2.24) is 19.7 Å². The lowest BCUT2D eigenvalue weighted by Crippen LogP contribution is -2.54. The molecule has 12 aliphatic rings. The topological polar surface area (TPSA) is 152 Å². The van der Waals surface area contributed by atoms with E-state index in [9.17, 15) is 21.6 Å². The molecule has 2 spiro atoms. The molecule has 0 bridgehead atoms. The number of rotatable bonds is 6. The normalized spacial score (nSPS) is 45.7. The Morgan fingerprint density at radius 1 is 0.659 bits per heavy atom. The summed E-state index contributed by atoms with van der Waals surface area (Å²) in [6.07, 6.45) is 25.7. The minimum Gasteiger partial charge on any atom is -0.445 e. The number of piperidine rings is 2. The molecule has 13 rings (SSSR count). The molecule has 0 radical (unpaired) electrons. The maximum absolute atomic E-state index is 13.6. The van der Waals surface area contributed by atoms with Gasteiger partial charge in [-0.15, -0.1) is 0 Å². The van der Waals surface area contributed by atoms with Crippen molar-refractivity contribution in [3.05, 3.63) is 58.2 Å². The molecule has 462 valence electrons. The van der Waals surface area contributed by atoms with Gasteiger partial charge in [-0.3, -0.25) is 0 Å². The summed E-state index contributed by atoms with van der Waals surface area (Å²) in [5, 5.41) is 3.85. The Morgan fingerprint density at radius 3 is 1.68 bits per heavy atom. The summed E-state index contributed by atoms with van der Waals surface area (Å²) in [6.45, 7) is 21.5. The third-order valence-electron chi connectivity index (χ3n) is 25.6. The standard InChI is InChI=1S/C37H54N2O5S.C29H48N2O3S.2CH4/c1-23-17-33-34(39(21-23)35(40)43-22-26-9-7-6-8-10-26)25(3)37(44-33)16-14-29-30-12-11-27-18-28(38-45(5,41)42)13-15-36(27,4)32(30)19-31(29)24(2)20-37;1-17-12-26-27(30-16-17)19(3)29(34-26)11-9-22-23-7-6-20-13-21(31-35(5,32)33)8-10-28(20,4)25(23)14-24(22)18(2)15-29;;/h6-10,23,25,27-30,32-34,38H,11-22H2,1-5H3;17,19-23,25-27,30-31H,6-16H2,1-5H3;2*1H4/t23-,25+,27+,28+,29-,30-,32-,33+,34-,36-,37-;17-,19+,20+,21+,22-,23-,25-,26+,27-,28-,29-;;/m00../s1. The molecule has 1 amide bonds. The number of ether oxygens (including phenoxy) is 3. The highest BCUT2D eigenvalue weighted by molar-refractivity contribution is 7.89. The minimum atomic E-state index is -3.18. The van der Waals surface area contributed by atoms with Gasteiger partial charge < -0.3 is 24.4 Å². The van der Waals surface area contributed by atoms with Crippen LogP contribution in [0.1, 0.15) is 204 Å². The van der Waals surface area contributed by atoms with E-state index < -0.39 is 20.0 Å². The van der Waals surface area contributed by atoms with Crippen molar-refractivity contribution >= 4 is 26.1 Å². The highest BCUT2D eigenvalue weighted by Crippen LogP contribution is 2.67. The van der Waals surface area contributed by atoms with Crippen molar-refractivity contribution in [3.63, 3.8) is 0 Å². The second-order valence-electron chi connectivity index (χ2n) is 30.3. The maximum Gasteiger partial charge on any atom is 0.410 e. The molecule has 4 saturated heterocycles. The monoisotopic (exact) mass is 1170 g/mol. The van der Waals surface area contributed by atoms with E-state index in [1.54, 1.807) is 16.7 Å². The van der Waals surface area contributed by atoms with Crippen molar-refractivity contribution in [2.45, 2.75) is 253 Å². The fourth-order valence-electron chi connectivity index (χ4n) is 21.7. The third kappa shape index (κ3) is 11.5. The van der Waals surface area contributed by atoms with Crippen LogP contribution in [0.4, 0.5) is 4.79 Å². The van der Waals surface area contributed by atoms with Gasteiger partial charge in [0.1, 0.15) is 6.61 Å². The first-order valence-electron chi connectivity index (χ1n) is 32.2. The highest BCUT2D eigenvalue weighted by Gasteiger charge is 2.63. The largest absolute Gasteiger partial charge is 0.445 e. The summed E-state index contributed by atoms with van der Waals surface area (Å²) in [5.74, 6) is 7.53. The average Bonchev–Trinajstić information content (AvgIpc) is 3.21. The summed E-state index contributed by atoms with van der Waals surface area (Å²) in [4.78, 5) is 15.6. The summed E-state index contributed by atoms with van der Waals surface area (Å²) in [5.41, 5.74) is 8.15. The second-order valence-corrected chi connectivity index (χ2v) is 33.9. The zero-order valence-corrected chi connectivity index (χ0v) is 52.2. The van der Waals surface area contributed by atoms with Gasteiger partial charge in [0, 0.05) is 36.5 Å². The van der Waals surface area contributed by atoms with E-state index >= 15 is 0 Å². The number of hydrogen-bond acceptors (Lipinski definition) is 9. The lowest BCUT2D eigenvalue weighted by atomic mass is 9.52. The Kier molecular flexibility index (Phi) is 17.8. The number of allylic oxidation sites excluding steroid dienone is 2. The number of nitrogens with zero attached hydrogens (tertiary/aromatic N) is 1. The van der Waals surface area contributed by atoms with Gasteiger partial charge in [-0.2, -0.15) is 0 Å². The summed E-state index contributed by atoms with van der Waals surface area (Å²) < 4.78 is 73.6. The molecule has 4 aliphatic heterocycles. The first-order chi connectivity index (χ1) is 37.9. The van der Waals surface area contributed by atoms with Crippen molar-refractivity contribution < 1.29 is 35.8 Å². The van der Waals surface area contributed by atoms with Gasteiger partial charge in [-0.25, -0.2) is 31.1 Å². The van der Waals surface area contributed by atoms with Crippen LogP contribution in [0.3, 0.4) is 0 Å². The molecule has 0 aromatic heterocycles. The minimum absolute atomic E-state index is 0. The molecule has 82 heavy (non-hydrogen) atoms. The SMILES string of the molecule is C.C.CC1=C2C[C@H]3[C@@H](CC[C@@H]4C[C@H](NS(C)(=O)=O)CC[C@@]43C)[C@@H]2CC[C@@]2(C1)O[C@@H]1C[C@H](C)CN(C(=O)OCc3ccccc3)[C@H]1[C@H]2C.CC1=C2C[C@H]3[C@@H](CC[C@@H]4C[C@H](NS(C)(=O)=O)CC[C@@]43C)[C@@H]2CC[C@@]2(C1)O[C@@H]1C[C@H](C)CN[C@H]1[C@H]2C. The van der Waals surface area contributed by atoms with E-state index in [0.29, 0.717) is 76.9 Å². The molecule has 14 heteroatoms. The molecule has 6 saturated carbocycles. The lowest BCUT2D eigenvalue weighted by molar-refractivity contribution is -0.0802. The first kappa shape index (κ1) is 62.7. The number of fused-ring (bicyclic) bond motifs is 12. The van der Waals surface area contributed by atoms with Crippen LogP contribution in [-0.4, -0.2) is 101 Å². The van der Waals surface area contributed by atoms with Crippen LogP contribution in [0, 0.1) is 81.8 Å². The summed E-state index contributed by atoms with van der Waals surface area (Å²) >= 11 is 0. The molecule has 3 N–H and O–H groups in total. The van der Waals surface area contributed by atoms with E-state index in [1.165, 1.54) is 88.7 Å². The Hall–Kier alpha value is -2.33. The predicted octanol–water partition coefficient (Wildman–Crippen LogP) is 13.4. The van der Waals surface area contributed by atoms with Crippen LogP contribution in [0.25, 0.3) is 0 Å². The molecule has 0 unspecified atom stereocenters. The molecular formula is C68H110N4O8S2. The smallest absolute Gasteiger partial charge is 0.410 e. The van der Waals surface area contributed by atoms with Crippen LogP contribution in [0.2, 0.25) is 0 Å². The van der Waals surface area contributed by atoms with Gasteiger partial charge in [0.15, 0.2) is 0 Å². The number of carbonyl (C=O) groups excluding carboxylic acids is 1. The number of carbonyl (C=O) groups is 1. The van der Waals surface area contributed by atoms with E-state index in [4.69, 9.17) is 14.2 Å². The number of benzene rings is 1. The summed E-state index contributed by atoms with van der Waals surface area (Å²) in [6, 6.07) is 10.8. The summed E-state index contributed by atoms with van der Waals surface area (Å²) in [7, 11) is -6.30. The van der Waals surface area contributed by atoms with Gasteiger partial charge in [-0.1, -0.05) is 109 Å². The van der Waals surface area contributed by atoms with Gasteiger partial charge in [-0.05, 0) is 224 Å². The van der Waals surface area contributed by atoms with Crippen LogP contribution in [0.15, 0.2) is 52.6 Å².